The number of nitrogens with zero attached hydrogens (tertiary/aromatic N) is 4. The van der Waals surface area contributed by atoms with Crippen molar-refractivity contribution in [1.82, 2.24) is 29.5 Å². The second kappa shape index (κ2) is 5.26. The molecule has 0 atom stereocenters. The maximum Gasteiger partial charge on any atom is 0.280 e. The number of nitrogens with one attached hydrogen (secondary N) is 2. The maximum absolute atomic E-state index is 13.1. The Morgan fingerprint density at radius 1 is 1.12 bits per heavy atom. The lowest BCUT2D eigenvalue weighted by Crippen LogP contribution is -2.22. The molecule has 0 aliphatic carbocycles. The number of aryl methyl sites for hydroxylation is 2. The summed E-state index contributed by atoms with van der Waals surface area (Å²) in [5.74, 6) is 0.332. The quantitative estimate of drug-likeness (QED) is 0.575. The van der Waals surface area contributed by atoms with E-state index in [1.165, 1.54) is 39.6 Å². The lowest BCUT2D eigenvalue weighted by molar-refractivity contribution is 0.627. The third kappa shape index (κ3) is 2.28. The zero-order valence-corrected chi connectivity index (χ0v) is 13.4. The van der Waals surface area contributed by atoms with E-state index in [0.717, 1.165) is 0 Å². The minimum absolute atomic E-state index is 0.177. The number of rotatable bonds is 2. The van der Waals surface area contributed by atoms with Gasteiger partial charge in [-0.1, -0.05) is 0 Å². The van der Waals surface area contributed by atoms with Crippen LogP contribution in [0.15, 0.2) is 39.9 Å². The minimum Gasteiger partial charge on any atom is -0.290 e. The van der Waals surface area contributed by atoms with E-state index in [4.69, 9.17) is 0 Å². The standard InChI is InChI=1S/C16H13FN6O2/c1-8-14-12(7-13(24)22(8)16-18-9(2)19-20-16)21-23(15(14)25)11-5-3-10(17)4-6-11/h3-7,21H,1-2H3,(H,18,19,20). The second-order valence-electron chi connectivity index (χ2n) is 5.64. The summed E-state index contributed by atoms with van der Waals surface area (Å²) in [4.78, 5) is 29.4. The average molecular weight is 340 g/mol. The van der Waals surface area contributed by atoms with E-state index in [1.54, 1.807) is 13.8 Å². The van der Waals surface area contributed by atoms with Crippen LogP contribution < -0.4 is 11.1 Å². The molecule has 4 rings (SSSR count). The number of pyridine rings is 1. The number of benzene rings is 1. The van der Waals surface area contributed by atoms with Crippen LogP contribution in [0.2, 0.25) is 0 Å². The van der Waals surface area contributed by atoms with Crippen molar-refractivity contribution in [2.24, 2.45) is 0 Å². The summed E-state index contributed by atoms with van der Waals surface area (Å²) in [6.45, 7) is 3.37. The van der Waals surface area contributed by atoms with Crippen molar-refractivity contribution in [1.29, 1.82) is 0 Å². The number of fused-ring (bicyclic) bond motifs is 1. The summed E-state index contributed by atoms with van der Waals surface area (Å²) >= 11 is 0. The molecule has 0 amide bonds. The molecule has 0 aliphatic heterocycles. The Labute approximate surface area is 139 Å². The zero-order valence-electron chi connectivity index (χ0n) is 13.4. The molecule has 0 saturated heterocycles. The largest absolute Gasteiger partial charge is 0.290 e. The third-order valence-corrected chi connectivity index (χ3v) is 3.97. The third-order valence-electron chi connectivity index (χ3n) is 3.97. The Balaban J connectivity index is 2.02. The number of hydrogen-bond acceptors (Lipinski definition) is 4. The monoisotopic (exact) mass is 340 g/mol. The molecule has 0 spiro atoms. The molecule has 0 bridgehead atoms. The molecule has 1 aromatic carbocycles. The average Bonchev–Trinajstić information content (AvgIpc) is 3.12. The van der Waals surface area contributed by atoms with Crippen LogP contribution >= 0.6 is 0 Å². The maximum atomic E-state index is 13.1. The fourth-order valence-corrected chi connectivity index (χ4v) is 2.82. The second-order valence-corrected chi connectivity index (χ2v) is 5.64. The molecule has 0 fully saturated rings. The Hall–Kier alpha value is -3.49. The van der Waals surface area contributed by atoms with Crippen LogP contribution in [0, 0.1) is 19.7 Å². The van der Waals surface area contributed by atoms with Gasteiger partial charge >= 0.3 is 0 Å². The summed E-state index contributed by atoms with van der Waals surface area (Å²) in [5.41, 5.74) is 0.565. The van der Waals surface area contributed by atoms with Gasteiger partial charge in [0.25, 0.3) is 17.1 Å². The van der Waals surface area contributed by atoms with E-state index in [2.05, 4.69) is 20.3 Å². The Morgan fingerprint density at radius 2 is 1.84 bits per heavy atom. The fraction of sp³-hybridized carbons (Fsp3) is 0.125. The molecule has 0 saturated carbocycles. The van der Waals surface area contributed by atoms with Gasteiger partial charge < -0.3 is 0 Å². The lowest BCUT2D eigenvalue weighted by atomic mass is 10.2. The minimum atomic E-state index is -0.399. The van der Waals surface area contributed by atoms with Crippen molar-refractivity contribution >= 4 is 10.9 Å². The topological polar surface area (TPSA) is 101 Å². The molecule has 0 aliphatic rings. The van der Waals surface area contributed by atoms with Crippen molar-refractivity contribution in [2.75, 3.05) is 0 Å². The Kier molecular flexibility index (Phi) is 3.17. The summed E-state index contributed by atoms with van der Waals surface area (Å²) in [5, 5.41) is 9.88. The van der Waals surface area contributed by atoms with Crippen LogP contribution in [0.5, 0.6) is 0 Å². The fourth-order valence-electron chi connectivity index (χ4n) is 2.82. The zero-order chi connectivity index (χ0) is 17.7. The van der Waals surface area contributed by atoms with E-state index < -0.39 is 5.82 Å². The van der Waals surface area contributed by atoms with Crippen LogP contribution in [0.25, 0.3) is 22.5 Å². The molecule has 4 aromatic rings. The van der Waals surface area contributed by atoms with Gasteiger partial charge in [0.1, 0.15) is 11.6 Å². The van der Waals surface area contributed by atoms with E-state index in [9.17, 15) is 14.0 Å². The predicted octanol–water partition coefficient (Wildman–Crippen LogP) is 1.34. The highest BCUT2D eigenvalue weighted by molar-refractivity contribution is 5.81. The molecule has 0 unspecified atom stereocenters. The van der Waals surface area contributed by atoms with Crippen LogP contribution in [-0.4, -0.2) is 29.5 Å². The number of aromatic nitrogens is 6. The highest BCUT2D eigenvalue weighted by atomic mass is 19.1. The van der Waals surface area contributed by atoms with Crippen molar-refractivity contribution in [3.05, 3.63) is 68.4 Å². The first-order valence-electron chi connectivity index (χ1n) is 7.48. The van der Waals surface area contributed by atoms with Gasteiger partial charge in [0.2, 0.25) is 0 Å². The summed E-state index contributed by atoms with van der Waals surface area (Å²) in [6, 6.07) is 6.79. The predicted molar refractivity (Wildman–Crippen MR) is 88.9 cm³/mol. The van der Waals surface area contributed by atoms with Crippen molar-refractivity contribution in [3.8, 4) is 11.6 Å². The molecular formula is C16H13FN6O2. The van der Waals surface area contributed by atoms with Gasteiger partial charge in [-0.05, 0) is 38.1 Å². The molecule has 126 valence electrons. The summed E-state index contributed by atoms with van der Waals surface area (Å²) < 4.78 is 15.6. The molecule has 3 aromatic heterocycles. The van der Waals surface area contributed by atoms with Gasteiger partial charge in [0, 0.05) is 11.8 Å². The highest BCUT2D eigenvalue weighted by Gasteiger charge is 2.17. The molecule has 0 radical (unpaired) electrons. The van der Waals surface area contributed by atoms with E-state index in [-0.39, 0.29) is 17.1 Å². The normalized spacial score (nSPS) is 11.3. The first-order chi connectivity index (χ1) is 12.0. The smallest absolute Gasteiger partial charge is 0.280 e. The Bertz CT molecular complexity index is 1210. The molecule has 25 heavy (non-hydrogen) atoms. The lowest BCUT2D eigenvalue weighted by Gasteiger charge is -2.04. The van der Waals surface area contributed by atoms with Crippen molar-refractivity contribution in [2.45, 2.75) is 13.8 Å². The number of aromatic amines is 2. The van der Waals surface area contributed by atoms with Crippen molar-refractivity contribution < 1.29 is 4.39 Å². The number of hydrogen-bond donors (Lipinski definition) is 2. The Morgan fingerprint density at radius 3 is 2.48 bits per heavy atom. The highest BCUT2D eigenvalue weighted by Crippen LogP contribution is 2.15. The van der Waals surface area contributed by atoms with Gasteiger partial charge in [-0.25, -0.2) is 13.6 Å². The first-order valence-corrected chi connectivity index (χ1v) is 7.48. The van der Waals surface area contributed by atoms with E-state index in [1.807, 2.05) is 0 Å². The SMILES string of the molecule is Cc1nc(-n2c(C)c3c(=O)n(-c4ccc(F)cc4)[nH]c3cc2=O)n[nH]1. The first kappa shape index (κ1) is 15.1. The molecular weight excluding hydrogens is 327 g/mol. The molecule has 3 heterocycles. The van der Waals surface area contributed by atoms with Crippen LogP contribution in [0.4, 0.5) is 4.39 Å². The van der Waals surface area contributed by atoms with E-state index in [0.29, 0.717) is 28.1 Å². The summed E-state index contributed by atoms with van der Waals surface area (Å²) in [6.07, 6.45) is 0. The van der Waals surface area contributed by atoms with Gasteiger partial charge in [-0.2, -0.15) is 4.98 Å². The number of H-pyrrole nitrogens is 2. The molecule has 8 nitrogen and oxygen atoms in total. The van der Waals surface area contributed by atoms with Gasteiger partial charge in [0.05, 0.1) is 16.6 Å². The molecule has 2 N–H and O–H groups in total. The summed E-state index contributed by atoms with van der Waals surface area (Å²) in [7, 11) is 0. The van der Waals surface area contributed by atoms with Crippen molar-refractivity contribution in [3.63, 3.8) is 0 Å². The van der Waals surface area contributed by atoms with Crippen LogP contribution in [0.1, 0.15) is 11.5 Å². The van der Waals surface area contributed by atoms with Crippen LogP contribution in [0.3, 0.4) is 0 Å². The van der Waals surface area contributed by atoms with Gasteiger partial charge in [0.15, 0.2) is 0 Å². The van der Waals surface area contributed by atoms with Gasteiger partial charge in [-0.15, -0.1) is 5.10 Å². The van der Waals surface area contributed by atoms with Crippen LogP contribution in [-0.2, 0) is 0 Å². The van der Waals surface area contributed by atoms with E-state index >= 15 is 0 Å². The number of halogens is 1. The molecule has 9 heteroatoms. The van der Waals surface area contributed by atoms with Gasteiger partial charge in [-0.3, -0.25) is 19.8 Å².